The number of rotatable bonds is 5. The zero-order valence-corrected chi connectivity index (χ0v) is 15.3. The molecule has 8 nitrogen and oxygen atoms in total. The Balaban J connectivity index is 1.51. The minimum Gasteiger partial charge on any atom is -0.369 e. The van der Waals surface area contributed by atoms with Crippen LogP contribution in [0.1, 0.15) is 22.1 Å². The Kier molecular flexibility index (Phi) is 4.12. The second-order valence-electron chi connectivity index (χ2n) is 6.39. The van der Waals surface area contributed by atoms with E-state index in [0.717, 1.165) is 10.3 Å². The standard InChI is InChI=1S/C18H18N4O4S/c1-21-16-12(11-19-21)5-4-8-15(16)20-27(25,26)10-9-22-17(23)13-6-2-3-7-14(13)18(22)24/h2-8,11,17,20,23H,9-10H2,1H3. The molecule has 0 saturated heterocycles. The van der Waals surface area contributed by atoms with Crippen molar-refractivity contribution in [3.63, 3.8) is 0 Å². The van der Waals surface area contributed by atoms with E-state index in [-0.39, 0.29) is 18.2 Å². The van der Waals surface area contributed by atoms with Crippen LogP contribution in [-0.2, 0) is 17.1 Å². The molecular formula is C18H18N4O4S. The van der Waals surface area contributed by atoms with Gasteiger partial charge in [-0.15, -0.1) is 0 Å². The summed E-state index contributed by atoms with van der Waals surface area (Å²) in [5, 5.41) is 15.3. The van der Waals surface area contributed by atoms with Crippen molar-refractivity contribution < 1.29 is 18.3 Å². The van der Waals surface area contributed by atoms with E-state index in [0.29, 0.717) is 22.3 Å². The normalized spacial score (nSPS) is 16.7. The number of fused-ring (bicyclic) bond motifs is 2. The van der Waals surface area contributed by atoms with Gasteiger partial charge in [0.1, 0.15) is 0 Å². The predicted molar refractivity (Wildman–Crippen MR) is 101 cm³/mol. The molecule has 0 fully saturated rings. The molecule has 1 amide bonds. The van der Waals surface area contributed by atoms with Crippen molar-refractivity contribution in [3.8, 4) is 0 Å². The largest absolute Gasteiger partial charge is 0.369 e. The number of amides is 1. The minimum atomic E-state index is -3.74. The van der Waals surface area contributed by atoms with Crippen LogP contribution >= 0.6 is 0 Å². The number of aryl methyl sites for hydroxylation is 1. The Labute approximate surface area is 156 Å². The Morgan fingerprint density at radius 2 is 1.96 bits per heavy atom. The number of hydrogen-bond acceptors (Lipinski definition) is 5. The van der Waals surface area contributed by atoms with Crippen molar-refractivity contribution in [3.05, 3.63) is 59.8 Å². The summed E-state index contributed by atoms with van der Waals surface area (Å²) in [7, 11) is -2.01. The molecular weight excluding hydrogens is 368 g/mol. The monoisotopic (exact) mass is 386 g/mol. The van der Waals surface area contributed by atoms with Gasteiger partial charge in [-0.3, -0.25) is 14.2 Å². The Morgan fingerprint density at radius 1 is 1.19 bits per heavy atom. The number of nitrogens with one attached hydrogen (secondary N) is 1. The lowest BCUT2D eigenvalue weighted by Crippen LogP contribution is -2.34. The molecule has 0 radical (unpaired) electrons. The van der Waals surface area contributed by atoms with Gasteiger partial charge in [0.25, 0.3) is 5.91 Å². The Bertz CT molecular complexity index is 1140. The third-order valence-corrected chi connectivity index (χ3v) is 5.90. The van der Waals surface area contributed by atoms with Crippen LogP contribution < -0.4 is 4.72 Å². The number of para-hydroxylation sites is 1. The quantitative estimate of drug-likeness (QED) is 0.691. The molecule has 27 heavy (non-hydrogen) atoms. The van der Waals surface area contributed by atoms with Crippen LogP contribution in [0.5, 0.6) is 0 Å². The third kappa shape index (κ3) is 3.04. The number of sulfonamides is 1. The molecule has 4 rings (SSSR count). The molecule has 0 saturated carbocycles. The van der Waals surface area contributed by atoms with Crippen molar-refractivity contribution in [2.75, 3.05) is 17.0 Å². The summed E-state index contributed by atoms with van der Waals surface area (Å²) in [4.78, 5) is 13.6. The molecule has 1 atom stereocenters. The highest BCUT2D eigenvalue weighted by atomic mass is 32.2. The topological polar surface area (TPSA) is 105 Å². The van der Waals surface area contributed by atoms with E-state index >= 15 is 0 Å². The first kappa shape index (κ1) is 17.5. The van der Waals surface area contributed by atoms with Crippen molar-refractivity contribution in [2.45, 2.75) is 6.23 Å². The van der Waals surface area contributed by atoms with Crippen molar-refractivity contribution >= 4 is 32.5 Å². The van der Waals surface area contributed by atoms with Gasteiger partial charge in [-0.1, -0.05) is 30.3 Å². The molecule has 1 unspecified atom stereocenters. The lowest BCUT2D eigenvalue weighted by Gasteiger charge is -2.21. The second kappa shape index (κ2) is 6.36. The summed E-state index contributed by atoms with van der Waals surface area (Å²) in [6.07, 6.45) is 0.522. The summed E-state index contributed by atoms with van der Waals surface area (Å²) < 4.78 is 29.3. The van der Waals surface area contributed by atoms with Gasteiger partial charge < -0.3 is 10.0 Å². The van der Waals surface area contributed by atoms with E-state index < -0.39 is 16.3 Å². The van der Waals surface area contributed by atoms with E-state index in [4.69, 9.17) is 0 Å². The average molecular weight is 386 g/mol. The van der Waals surface area contributed by atoms with E-state index in [1.165, 1.54) is 0 Å². The summed E-state index contributed by atoms with van der Waals surface area (Å²) in [5.41, 5.74) is 1.98. The van der Waals surface area contributed by atoms with Gasteiger partial charge in [0.2, 0.25) is 10.0 Å². The number of benzene rings is 2. The molecule has 0 spiro atoms. The second-order valence-corrected chi connectivity index (χ2v) is 8.23. The van der Waals surface area contributed by atoms with Crippen LogP contribution in [0.25, 0.3) is 10.9 Å². The zero-order chi connectivity index (χ0) is 19.2. The maximum absolute atomic E-state index is 12.6. The molecule has 0 bridgehead atoms. The van der Waals surface area contributed by atoms with Gasteiger partial charge in [-0.25, -0.2) is 8.42 Å². The van der Waals surface area contributed by atoms with Crippen molar-refractivity contribution in [2.24, 2.45) is 7.05 Å². The Morgan fingerprint density at radius 3 is 2.74 bits per heavy atom. The van der Waals surface area contributed by atoms with Crippen molar-refractivity contribution in [1.29, 1.82) is 0 Å². The molecule has 3 aromatic rings. The molecule has 1 aliphatic rings. The Hall–Kier alpha value is -2.91. The van der Waals surface area contributed by atoms with Gasteiger partial charge in [0, 0.05) is 30.1 Å². The number of aromatic nitrogens is 2. The molecule has 2 N–H and O–H groups in total. The van der Waals surface area contributed by atoms with Crippen LogP contribution in [0.3, 0.4) is 0 Å². The lowest BCUT2D eigenvalue weighted by atomic mass is 10.1. The molecule has 2 heterocycles. The summed E-state index contributed by atoms with van der Waals surface area (Å²) in [6.45, 7) is -0.120. The number of nitrogens with zero attached hydrogens (tertiary/aromatic N) is 3. The van der Waals surface area contributed by atoms with Crippen LogP contribution in [0.2, 0.25) is 0 Å². The fourth-order valence-corrected chi connectivity index (χ4v) is 4.37. The number of anilines is 1. The first-order chi connectivity index (χ1) is 12.9. The van der Waals surface area contributed by atoms with Gasteiger partial charge in [0.05, 0.1) is 23.2 Å². The molecule has 1 aromatic heterocycles. The molecule has 140 valence electrons. The number of carbonyl (C=O) groups excluding carboxylic acids is 1. The first-order valence-electron chi connectivity index (χ1n) is 8.36. The molecule has 9 heteroatoms. The SMILES string of the molecule is Cn1ncc2cccc(NS(=O)(=O)CCN3C(=O)c4ccccc4C3O)c21. The molecule has 2 aromatic carbocycles. The van der Waals surface area contributed by atoms with Crippen LogP contribution in [-0.4, -0.2) is 46.4 Å². The summed E-state index contributed by atoms with van der Waals surface area (Å²) in [5.74, 6) is -0.708. The highest BCUT2D eigenvalue weighted by Gasteiger charge is 2.35. The highest BCUT2D eigenvalue weighted by molar-refractivity contribution is 7.92. The number of carbonyl (C=O) groups is 1. The summed E-state index contributed by atoms with van der Waals surface area (Å²) >= 11 is 0. The summed E-state index contributed by atoms with van der Waals surface area (Å²) in [6, 6.07) is 12.0. The fourth-order valence-electron chi connectivity index (χ4n) is 3.33. The maximum atomic E-state index is 12.6. The minimum absolute atomic E-state index is 0.120. The van der Waals surface area contributed by atoms with Crippen LogP contribution in [0, 0.1) is 0 Å². The third-order valence-electron chi connectivity index (χ3n) is 4.65. The lowest BCUT2D eigenvalue weighted by molar-refractivity contribution is 0.0206. The first-order valence-corrected chi connectivity index (χ1v) is 10.0. The van der Waals surface area contributed by atoms with Gasteiger partial charge in [-0.05, 0) is 12.1 Å². The van der Waals surface area contributed by atoms with E-state index in [2.05, 4.69) is 9.82 Å². The van der Waals surface area contributed by atoms with Crippen molar-refractivity contribution in [1.82, 2.24) is 14.7 Å². The molecule has 1 aliphatic heterocycles. The van der Waals surface area contributed by atoms with E-state index in [9.17, 15) is 18.3 Å². The smallest absolute Gasteiger partial charge is 0.256 e. The number of aliphatic hydroxyl groups excluding tert-OH is 1. The fraction of sp³-hybridized carbons (Fsp3) is 0.222. The predicted octanol–water partition coefficient (Wildman–Crippen LogP) is 1.46. The van der Waals surface area contributed by atoms with E-state index in [1.54, 1.807) is 54.3 Å². The zero-order valence-electron chi connectivity index (χ0n) is 14.5. The highest BCUT2D eigenvalue weighted by Crippen LogP contribution is 2.31. The van der Waals surface area contributed by atoms with Gasteiger partial charge in [-0.2, -0.15) is 5.10 Å². The maximum Gasteiger partial charge on any atom is 0.256 e. The van der Waals surface area contributed by atoms with Crippen LogP contribution in [0.15, 0.2) is 48.7 Å². The van der Waals surface area contributed by atoms with E-state index in [1.807, 2.05) is 6.07 Å². The number of hydrogen-bond donors (Lipinski definition) is 2. The molecule has 0 aliphatic carbocycles. The average Bonchev–Trinajstić information content (AvgIpc) is 3.13. The number of aliphatic hydroxyl groups is 1. The van der Waals surface area contributed by atoms with Gasteiger partial charge in [0.15, 0.2) is 6.23 Å². The van der Waals surface area contributed by atoms with Crippen LogP contribution in [0.4, 0.5) is 5.69 Å². The van der Waals surface area contributed by atoms with Gasteiger partial charge >= 0.3 is 0 Å².